The maximum atomic E-state index is 3.59. The molecule has 2 heteroatoms. The van der Waals surface area contributed by atoms with Crippen molar-refractivity contribution in [2.24, 2.45) is 0 Å². The van der Waals surface area contributed by atoms with Crippen LogP contribution in [0.25, 0.3) is 0 Å². The largest absolute Gasteiger partial charge is 0.378 e. The summed E-state index contributed by atoms with van der Waals surface area (Å²) in [6.07, 6.45) is 2.32. The molecule has 1 nitrogen and oxygen atoms in total. The molecule has 2 rings (SSSR count). The Kier molecular flexibility index (Phi) is 5.24. The van der Waals surface area contributed by atoms with Crippen LogP contribution in [-0.2, 0) is 6.42 Å². The van der Waals surface area contributed by atoms with Crippen LogP contribution >= 0.6 is 11.3 Å². The van der Waals surface area contributed by atoms with Crippen LogP contribution in [0.1, 0.15) is 61.4 Å². The zero-order valence-corrected chi connectivity index (χ0v) is 13.8. The molecule has 108 valence electrons. The van der Waals surface area contributed by atoms with Crippen LogP contribution in [-0.4, -0.2) is 0 Å². The van der Waals surface area contributed by atoms with Crippen LogP contribution in [0.3, 0.4) is 0 Å². The van der Waals surface area contributed by atoms with Gasteiger partial charge >= 0.3 is 0 Å². The Labute approximate surface area is 127 Å². The van der Waals surface area contributed by atoms with Crippen LogP contribution in [0.4, 0.5) is 5.69 Å². The Balaban J connectivity index is 2.02. The first-order valence-corrected chi connectivity index (χ1v) is 8.40. The summed E-state index contributed by atoms with van der Waals surface area (Å²) in [5.74, 6) is 0.644. The third-order valence-electron chi connectivity index (χ3n) is 3.93. The lowest BCUT2D eigenvalue weighted by molar-refractivity contribution is 0.733. The molecule has 2 atom stereocenters. The van der Waals surface area contributed by atoms with E-state index in [1.807, 2.05) is 11.3 Å². The Morgan fingerprint density at radius 3 is 2.25 bits per heavy atom. The Bertz CT molecular complexity index is 527. The van der Waals surface area contributed by atoms with E-state index in [9.17, 15) is 0 Å². The highest BCUT2D eigenvalue weighted by atomic mass is 32.1. The molecule has 0 amide bonds. The molecule has 1 heterocycles. The van der Waals surface area contributed by atoms with Crippen molar-refractivity contribution in [2.45, 2.75) is 52.5 Å². The summed E-state index contributed by atoms with van der Waals surface area (Å²) < 4.78 is 0. The van der Waals surface area contributed by atoms with Gasteiger partial charge in [0, 0.05) is 15.4 Å². The van der Waals surface area contributed by atoms with Crippen molar-refractivity contribution in [1.29, 1.82) is 0 Å². The van der Waals surface area contributed by atoms with Crippen molar-refractivity contribution in [3.05, 3.63) is 51.7 Å². The summed E-state index contributed by atoms with van der Waals surface area (Å²) in [5, 5.41) is 3.59. The van der Waals surface area contributed by atoms with Gasteiger partial charge in [-0.15, -0.1) is 11.3 Å². The van der Waals surface area contributed by atoms with E-state index < -0.39 is 0 Å². The van der Waals surface area contributed by atoms with E-state index >= 15 is 0 Å². The van der Waals surface area contributed by atoms with Gasteiger partial charge in [0.25, 0.3) is 0 Å². The van der Waals surface area contributed by atoms with E-state index in [2.05, 4.69) is 69.4 Å². The van der Waals surface area contributed by atoms with E-state index in [4.69, 9.17) is 0 Å². The highest BCUT2D eigenvalue weighted by Gasteiger charge is 2.09. The number of nitrogens with one attached hydrogen (secondary N) is 1. The van der Waals surface area contributed by atoms with Gasteiger partial charge in [-0.2, -0.15) is 0 Å². The monoisotopic (exact) mass is 287 g/mol. The predicted molar refractivity (Wildman–Crippen MR) is 90.9 cm³/mol. The highest BCUT2D eigenvalue weighted by molar-refractivity contribution is 7.12. The topological polar surface area (TPSA) is 12.0 Å². The molecule has 0 bridgehead atoms. The molecule has 0 fully saturated rings. The summed E-state index contributed by atoms with van der Waals surface area (Å²) in [6, 6.07) is 13.7. The SMILES string of the molecule is CCc1ccc(C(C)Nc2ccc(C(C)CC)cc2)s1. The van der Waals surface area contributed by atoms with E-state index in [0.717, 1.165) is 6.42 Å². The molecule has 1 N–H and O–H groups in total. The van der Waals surface area contributed by atoms with Gasteiger partial charge in [0.15, 0.2) is 0 Å². The van der Waals surface area contributed by atoms with Gasteiger partial charge in [0.2, 0.25) is 0 Å². The molecule has 0 saturated carbocycles. The molecule has 0 spiro atoms. The van der Waals surface area contributed by atoms with Gasteiger partial charge in [0.1, 0.15) is 0 Å². The Hall–Kier alpha value is -1.28. The molecule has 0 radical (unpaired) electrons. The first kappa shape index (κ1) is 15.1. The second kappa shape index (κ2) is 6.94. The van der Waals surface area contributed by atoms with Gasteiger partial charge in [-0.3, -0.25) is 0 Å². The summed E-state index contributed by atoms with van der Waals surface area (Å²) in [6.45, 7) is 8.96. The van der Waals surface area contributed by atoms with Crippen molar-refractivity contribution in [2.75, 3.05) is 5.32 Å². The summed E-state index contributed by atoms with van der Waals surface area (Å²) in [4.78, 5) is 2.87. The van der Waals surface area contributed by atoms with Crippen molar-refractivity contribution < 1.29 is 0 Å². The van der Waals surface area contributed by atoms with Crippen LogP contribution in [0.5, 0.6) is 0 Å². The molecule has 20 heavy (non-hydrogen) atoms. The predicted octanol–water partition coefficient (Wildman–Crippen LogP) is 6.00. The fraction of sp³-hybridized carbons (Fsp3) is 0.444. The zero-order chi connectivity index (χ0) is 14.5. The lowest BCUT2D eigenvalue weighted by Crippen LogP contribution is -2.04. The number of anilines is 1. The minimum absolute atomic E-state index is 0.370. The third kappa shape index (κ3) is 3.63. The quantitative estimate of drug-likeness (QED) is 0.687. The standard InChI is InChI=1S/C18H25NS/c1-5-13(3)15-7-9-16(10-8-15)19-14(4)18-12-11-17(6-2)20-18/h7-14,19H,5-6H2,1-4H3. The molecule has 2 aromatic rings. The number of hydrogen-bond donors (Lipinski definition) is 1. The number of thiophene rings is 1. The molecule has 0 aliphatic carbocycles. The van der Waals surface area contributed by atoms with Gasteiger partial charge in [-0.1, -0.05) is 32.9 Å². The second-order valence-electron chi connectivity index (χ2n) is 5.45. The number of hydrogen-bond acceptors (Lipinski definition) is 2. The van der Waals surface area contributed by atoms with Crippen molar-refractivity contribution in [3.63, 3.8) is 0 Å². The third-order valence-corrected chi connectivity index (χ3v) is 5.35. The van der Waals surface area contributed by atoms with Crippen molar-refractivity contribution in [3.8, 4) is 0 Å². The highest BCUT2D eigenvalue weighted by Crippen LogP contribution is 2.27. The second-order valence-corrected chi connectivity index (χ2v) is 6.65. The van der Waals surface area contributed by atoms with Gasteiger partial charge < -0.3 is 5.32 Å². The van der Waals surface area contributed by atoms with E-state index in [-0.39, 0.29) is 0 Å². The van der Waals surface area contributed by atoms with E-state index in [0.29, 0.717) is 12.0 Å². The molecule has 0 aliphatic rings. The lowest BCUT2D eigenvalue weighted by atomic mass is 9.98. The van der Waals surface area contributed by atoms with Crippen molar-refractivity contribution in [1.82, 2.24) is 0 Å². The maximum Gasteiger partial charge on any atom is 0.0578 e. The van der Waals surface area contributed by atoms with Gasteiger partial charge in [-0.25, -0.2) is 0 Å². The summed E-state index contributed by atoms with van der Waals surface area (Å²) in [7, 11) is 0. The summed E-state index contributed by atoms with van der Waals surface area (Å²) >= 11 is 1.91. The molecular weight excluding hydrogens is 262 g/mol. The molecular formula is C18H25NS. The van der Waals surface area contributed by atoms with Gasteiger partial charge in [-0.05, 0) is 55.5 Å². The normalized spacial score (nSPS) is 14.0. The Morgan fingerprint density at radius 2 is 1.70 bits per heavy atom. The smallest absolute Gasteiger partial charge is 0.0578 e. The zero-order valence-electron chi connectivity index (χ0n) is 12.9. The van der Waals surface area contributed by atoms with Crippen LogP contribution in [0.2, 0.25) is 0 Å². The van der Waals surface area contributed by atoms with E-state index in [1.54, 1.807) is 0 Å². The lowest BCUT2D eigenvalue weighted by Gasteiger charge is -2.15. The average molecular weight is 287 g/mol. The number of aryl methyl sites for hydroxylation is 1. The first-order chi connectivity index (χ1) is 9.63. The fourth-order valence-corrected chi connectivity index (χ4v) is 3.24. The average Bonchev–Trinajstić information content (AvgIpc) is 2.96. The molecule has 2 unspecified atom stereocenters. The minimum atomic E-state index is 0.370. The van der Waals surface area contributed by atoms with Gasteiger partial charge in [0.05, 0.1) is 6.04 Å². The molecule has 1 aromatic heterocycles. The fourth-order valence-electron chi connectivity index (χ4n) is 2.28. The number of benzene rings is 1. The van der Waals surface area contributed by atoms with Crippen LogP contribution < -0.4 is 5.32 Å². The van der Waals surface area contributed by atoms with Crippen LogP contribution in [0.15, 0.2) is 36.4 Å². The molecule has 0 saturated heterocycles. The van der Waals surface area contributed by atoms with Crippen molar-refractivity contribution >= 4 is 17.0 Å². The summed E-state index contributed by atoms with van der Waals surface area (Å²) in [5.41, 5.74) is 2.63. The molecule has 1 aromatic carbocycles. The van der Waals surface area contributed by atoms with Crippen LogP contribution in [0, 0.1) is 0 Å². The van der Waals surface area contributed by atoms with E-state index in [1.165, 1.54) is 27.4 Å². The molecule has 0 aliphatic heterocycles. The first-order valence-electron chi connectivity index (χ1n) is 7.59. The Morgan fingerprint density at radius 1 is 1.00 bits per heavy atom. The maximum absolute atomic E-state index is 3.59. The number of rotatable bonds is 6. The minimum Gasteiger partial charge on any atom is -0.378 e.